The van der Waals surface area contributed by atoms with E-state index in [-0.39, 0.29) is 6.04 Å². The number of aromatic nitrogens is 1. The monoisotopic (exact) mass is 240 g/mol. The van der Waals surface area contributed by atoms with Gasteiger partial charge in [-0.05, 0) is 31.5 Å². The number of hydrogen-bond acceptors (Lipinski definition) is 2. The highest BCUT2D eigenvalue weighted by atomic mass is 35.5. The third kappa shape index (κ3) is 4.11. The average Bonchev–Trinajstić information content (AvgIpc) is 2.25. The van der Waals surface area contributed by atoms with E-state index in [4.69, 9.17) is 11.6 Å². The lowest BCUT2D eigenvalue weighted by Crippen LogP contribution is -2.18. The minimum atomic E-state index is 0.271. The Hall–Kier alpha value is -0.600. The normalized spacial score (nSPS) is 13.1. The Balaban J connectivity index is 2.57. The molecule has 1 unspecified atom stereocenters. The van der Waals surface area contributed by atoms with Crippen LogP contribution < -0.4 is 5.32 Å². The molecular formula is C13H21ClN2. The van der Waals surface area contributed by atoms with Gasteiger partial charge in [0.05, 0.1) is 16.8 Å². The van der Waals surface area contributed by atoms with E-state index in [1.54, 1.807) is 6.20 Å². The first-order valence-corrected chi connectivity index (χ1v) is 6.30. The maximum absolute atomic E-state index is 6.14. The van der Waals surface area contributed by atoms with E-state index in [1.807, 2.05) is 19.2 Å². The molecular weight excluding hydrogens is 220 g/mol. The van der Waals surface area contributed by atoms with Gasteiger partial charge in [0.1, 0.15) is 0 Å². The van der Waals surface area contributed by atoms with Gasteiger partial charge in [0.15, 0.2) is 0 Å². The van der Waals surface area contributed by atoms with Crippen LogP contribution in [-0.2, 0) is 0 Å². The van der Waals surface area contributed by atoms with Crippen molar-refractivity contribution in [3.05, 3.63) is 29.0 Å². The van der Waals surface area contributed by atoms with Crippen LogP contribution in [0.1, 0.15) is 44.8 Å². The maximum atomic E-state index is 6.14. The third-order valence-corrected chi connectivity index (χ3v) is 3.06. The fraction of sp³-hybridized carbons (Fsp3) is 0.615. The van der Waals surface area contributed by atoms with Gasteiger partial charge in [-0.3, -0.25) is 4.98 Å². The molecule has 0 aromatic carbocycles. The molecule has 3 heteroatoms. The summed E-state index contributed by atoms with van der Waals surface area (Å²) >= 11 is 6.14. The third-order valence-electron chi connectivity index (χ3n) is 2.74. The largest absolute Gasteiger partial charge is 0.312 e. The quantitative estimate of drug-likeness (QED) is 0.818. The van der Waals surface area contributed by atoms with Crippen molar-refractivity contribution in [1.82, 2.24) is 10.3 Å². The number of hydrogen-bond donors (Lipinski definition) is 1. The molecule has 0 saturated heterocycles. The van der Waals surface area contributed by atoms with Crippen molar-refractivity contribution in [3.8, 4) is 0 Å². The number of rotatable bonds is 6. The van der Waals surface area contributed by atoms with E-state index in [9.17, 15) is 0 Å². The van der Waals surface area contributed by atoms with Crippen molar-refractivity contribution in [2.24, 2.45) is 5.92 Å². The number of halogens is 1. The molecule has 1 aromatic rings. The van der Waals surface area contributed by atoms with Crippen molar-refractivity contribution < 1.29 is 0 Å². The van der Waals surface area contributed by atoms with Crippen LogP contribution in [0.15, 0.2) is 18.3 Å². The first kappa shape index (κ1) is 13.5. The van der Waals surface area contributed by atoms with Crippen molar-refractivity contribution in [3.63, 3.8) is 0 Å². The van der Waals surface area contributed by atoms with E-state index in [2.05, 4.69) is 24.1 Å². The zero-order valence-electron chi connectivity index (χ0n) is 10.3. The van der Waals surface area contributed by atoms with Gasteiger partial charge in [0, 0.05) is 6.20 Å². The summed E-state index contributed by atoms with van der Waals surface area (Å²) in [5.74, 6) is 0.761. The molecule has 0 radical (unpaired) electrons. The zero-order valence-corrected chi connectivity index (χ0v) is 11.1. The lowest BCUT2D eigenvalue weighted by atomic mass is 10.0. The second kappa shape index (κ2) is 6.87. The van der Waals surface area contributed by atoms with Gasteiger partial charge in [-0.15, -0.1) is 0 Å². The summed E-state index contributed by atoms with van der Waals surface area (Å²) in [6.45, 7) is 4.50. The Morgan fingerprint density at radius 3 is 2.69 bits per heavy atom. The maximum Gasteiger partial charge on any atom is 0.0758 e. The summed E-state index contributed by atoms with van der Waals surface area (Å²) in [6, 6.07) is 4.04. The topological polar surface area (TPSA) is 24.9 Å². The Morgan fingerprint density at radius 2 is 2.12 bits per heavy atom. The predicted molar refractivity (Wildman–Crippen MR) is 69.7 cm³/mol. The van der Waals surface area contributed by atoms with Crippen molar-refractivity contribution in [2.45, 2.75) is 39.2 Å². The predicted octanol–water partition coefficient (Wildman–Crippen LogP) is 3.82. The van der Waals surface area contributed by atoms with Crippen molar-refractivity contribution >= 4 is 11.6 Å². The van der Waals surface area contributed by atoms with Crippen molar-refractivity contribution in [2.75, 3.05) is 7.05 Å². The fourth-order valence-corrected chi connectivity index (χ4v) is 2.06. The summed E-state index contributed by atoms with van der Waals surface area (Å²) in [5.41, 5.74) is 0.968. The lowest BCUT2D eigenvalue weighted by Gasteiger charge is -2.17. The molecule has 2 nitrogen and oxygen atoms in total. The fourth-order valence-electron chi connectivity index (χ4n) is 1.80. The highest BCUT2D eigenvalue weighted by molar-refractivity contribution is 6.31. The molecule has 0 aliphatic heterocycles. The minimum absolute atomic E-state index is 0.271. The molecule has 0 fully saturated rings. The molecule has 0 spiro atoms. The molecule has 0 saturated carbocycles. The number of pyridine rings is 1. The van der Waals surface area contributed by atoms with Crippen molar-refractivity contribution in [1.29, 1.82) is 0 Å². The molecule has 0 amide bonds. The Labute approximate surface area is 103 Å². The first-order chi connectivity index (χ1) is 7.65. The van der Waals surface area contributed by atoms with Gasteiger partial charge in [-0.1, -0.05) is 38.3 Å². The van der Waals surface area contributed by atoms with Gasteiger partial charge >= 0.3 is 0 Å². The van der Waals surface area contributed by atoms with Gasteiger partial charge in [0.25, 0.3) is 0 Å². The molecule has 1 aromatic heterocycles. The Bertz CT molecular complexity index is 313. The Kier molecular flexibility index (Phi) is 5.78. The van der Waals surface area contributed by atoms with Crippen LogP contribution in [0, 0.1) is 5.92 Å². The summed E-state index contributed by atoms with van der Waals surface area (Å²) in [7, 11) is 1.96. The van der Waals surface area contributed by atoms with Crippen LogP contribution in [-0.4, -0.2) is 12.0 Å². The van der Waals surface area contributed by atoms with Crippen LogP contribution in [0.3, 0.4) is 0 Å². The first-order valence-electron chi connectivity index (χ1n) is 5.92. The SMILES string of the molecule is CNC(CCCC(C)C)c1ncccc1Cl. The van der Waals surface area contributed by atoms with Gasteiger partial charge < -0.3 is 5.32 Å². The summed E-state index contributed by atoms with van der Waals surface area (Å²) in [4.78, 5) is 4.35. The van der Waals surface area contributed by atoms with Crippen LogP contribution in [0.2, 0.25) is 5.02 Å². The molecule has 16 heavy (non-hydrogen) atoms. The molecule has 0 aliphatic carbocycles. The Morgan fingerprint density at radius 1 is 1.38 bits per heavy atom. The molecule has 0 bridgehead atoms. The molecule has 90 valence electrons. The van der Waals surface area contributed by atoms with E-state index in [0.717, 1.165) is 23.1 Å². The van der Waals surface area contributed by atoms with Crippen LogP contribution in [0.25, 0.3) is 0 Å². The lowest BCUT2D eigenvalue weighted by molar-refractivity contribution is 0.464. The smallest absolute Gasteiger partial charge is 0.0758 e. The minimum Gasteiger partial charge on any atom is -0.312 e. The molecule has 1 heterocycles. The van der Waals surface area contributed by atoms with Gasteiger partial charge in [0.2, 0.25) is 0 Å². The van der Waals surface area contributed by atoms with Crippen LogP contribution in [0.5, 0.6) is 0 Å². The number of nitrogens with one attached hydrogen (secondary N) is 1. The molecule has 1 N–H and O–H groups in total. The second-order valence-electron chi connectivity index (χ2n) is 4.54. The highest BCUT2D eigenvalue weighted by Crippen LogP contribution is 2.24. The molecule has 1 atom stereocenters. The standard InChI is InChI=1S/C13H21ClN2/c1-10(2)6-4-8-12(15-3)13-11(14)7-5-9-16-13/h5,7,9-10,12,15H,4,6,8H2,1-3H3. The van der Waals surface area contributed by atoms with E-state index < -0.39 is 0 Å². The van der Waals surface area contributed by atoms with E-state index in [0.29, 0.717) is 0 Å². The second-order valence-corrected chi connectivity index (χ2v) is 4.94. The molecule has 0 aliphatic rings. The van der Waals surface area contributed by atoms with Crippen LogP contribution in [0.4, 0.5) is 0 Å². The van der Waals surface area contributed by atoms with Gasteiger partial charge in [-0.2, -0.15) is 0 Å². The summed E-state index contributed by atoms with van der Waals surface area (Å²) in [5, 5.41) is 4.04. The molecule has 1 rings (SSSR count). The van der Waals surface area contributed by atoms with E-state index >= 15 is 0 Å². The summed E-state index contributed by atoms with van der Waals surface area (Å²) < 4.78 is 0. The summed E-state index contributed by atoms with van der Waals surface area (Å²) in [6.07, 6.45) is 5.35. The average molecular weight is 241 g/mol. The van der Waals surface area contributed by atoms with Crippen LogP contribution >= 0.6 is 11.6 Å². The number of nitrogens with zero attached hydrogens (tertiary/aromatic N) is 1. The van der Waals surface area contributed by atoms with E-state index in [1.165, 1.54) is 12.8 Å². The zero-order chi connectivity index (χ0) is 12.0. The van der Waals surface area contributed by atoms with Gasteiger partial charge in [-0.25, -0.2) is 0 Å². The highest BCUT2D eigenvalue weighted by Gasteiger charge is 2.13.